The number of amides is 1. The van der Waals surface area contributed by atoms with Gasteiger partial charge in [0.05, 0.1) is 12.3 Å². The number of ether oxygens (including phenoxy) is 1. The molecular weight excluding hydrogens is 399 g/mol. The molecule has 162 valence electrons. The number of aliphatic hydroxyl groups is 1. The molecule has 2 rings (SSSR count). The zero-order valence-electron chi connectivity index (χ0n) is 17.0. The first-order chi connectivity index (χ1) is 14.1. The normalized spacial score (nSPS) is 11.9. The maximum absolute atomic E-state index is 12.5. The number of aliphatic hydroxyl groups excluding tert-OH is 1. The number of benzene rings is 2. The van der Waals surface area contributed by atoms with Gasteiger partial charge in [0.2, 0.25) is 0 Å². The lowest BCUT2D eigenvalue weighted by Gasteiger charge is -2.18. The van der Waals surface area contributed by atoms with Crippen molar-refractivity contribution in [2.45, 2.75) is 20.2 Å². The van der Waals surface area contributed by atoms with Crippen LogP contribution in [-0.4, -0.2) is 54.7 Å². The summed E-state index contributed by atoms with van der Waals surface area (Å²) in [5.74, 6) is -0.535. The van der Waals surface area contributed by atoms with Crippen LogP contribution in [0.3, 0.4) is 0 Å². The van der Waals surface area contributed by atoms with Crippen LogP contribution in [0.25, 0.3) is 0 Å². The molecule has 0 heterocycles. The standard InChI is InChI=1S/C21H24F3N3O3/c1-4-25-19-13-15(20(29)27(3)11-12-28)5-10-18(19)14(2)26-16-6-8-17(9-7-16)30-21(22,23)24/h5-10,13,25,28H,4,11-12H2,1-3H3. The molecule has 9 heteroatoms. The van der Waals surface area contributed by atoms with Crippen molar-refractivity contribution < 1.29 is 27.8 Å². The van der Waals surface area contributed by atoms with Gasteiger partial charge in [-0.05, 0) is 50.2 Å². The summed E-state index contributed by atoms with van der Waals surface area (Å²) < 4.78 is 40.7. The molecule has 2 aromatic rings. The van der Waals surface area contributed by atoms with Crippen LogP contribution in [0.1, 0.15) is 29.8 Å². The van der Waals surface area contributed by atoms with Gasteiger partial charge in [-0.3, -0.25) is 9.79 Å². The van der Waals surface area contributed by atoms with Crippen LogP contribution in [0.4, 0.5) is 24.5 Å². The van der Waals surface area contributed by atoms with Crippen molar-refractivity contribution in [2.24, 2.45) is 4.99 Å². The Hall–Kier alpha value is -3.07. The van der Waals surface area contributed by atoms with Gasteiger partial charge in [-0.25, -0.2) is 0 Å². The van der Waals surface area contributed by atoms with Gasteiger partial charge in [0.15, 0.2) is 0 Å². The molecule has 0 atom stereocenters. The number of rotatable bonds is 8. The number of anilines is 1. The monoisotopic (exact) mass is 423 g/mol. The van der Waals surface area contributed by atoms with Gasteiger partial charge in [0.1, 0.15) is 5.75 Å². The third-order valence-corrected chi connectivity index (χ3v) is 4.17. The van der Waals surface area contributed by atoms with E-state index in [0.29, 0.717) is 29.2 Å². The summed E-state index contributed by atoms with van der Waals surface area (Å²) in [6.07, 6.45) is -4.74. The van der Waals surface area contributed by atoms with Crippen molar-refractivity contribution in [2.75, 3.05) is 32.1 Å². The van der Waals surface area contributed by atoms with E-state index >= 15 is 0 Å². The van der Waals surface area contributed by atoms with Gasteiger partial charge in [-0.15, -0.1) is 13.2 Å². The topological polar surface area (TPSA) is 74.2 Å². The number of hydrogen-bond donors (Lipinski definition) is 2. The van der Waals surface area contributed by atoms with E-state index in [0.717, 1.165) is 5.56 Å². The van der Waals surface area contributed by atoms with Crippen LogP contribution in [0.5, 0.6) is 5.75 Å². The first kappa shape index (κ1) is 23.2. The summed E-state index contributed by atoms with van der Waals surface area (Å²) in [5, 5.41) is 12.2. The highest BCUT2D eigenvalue weighted by molar-refractivity contribution is 6.06. The second kappa shape index (κ2) is 10.1. The number of carbonyl (C=O) groups is 1. The Morgan fingerprint density at radius 2 is 1.87 bits per heavy atom. The van der Waals surface area contributed by atoms with Gasteiger partial charge in [0.25, 0.3) is 5.91 Å². The molecule has 0 aromatic heterocycles. The van der Waals surface area contributed by atoms with Crippen molar-refractivity contribution in [3.05, 3.63) is 53.6 Å². The van der Waals surface area contributed by atoms with Gasteiger partial charge < -0.3 is 20.1 Å². The van der Waals surface area contributed by atoms with Crippen molar-refractivity contribution in [1.29, 1.82) is 0 Å². The Morgan fingerprint density at radius 1 is 1.20 bits per heavy atom. The zero-order valence-corrected chi connectivity index (χ0v) is 17.0. The molecule has 0 aliphatic rings. The highest BCUT2D eigenvalue weighted by Crippen LogP contribution is 2.26. The molecule has 2 aromatic carbocycles. The zero-order chi connectivity index (χ0) is 22.3. The van der Waals surface area contributed by atoms with E-state index in [9.17, 15) is 18.0 Å². The number of halogens is 3. The highest BCUT2D eigenvalue weighted by Gasteiger charge is 2.30. The molecule has 30 heavy (non-hydrogen) atoms. The first-order valence-corrected chi connectivity index (χ1v) is 9.30. The molecular formula is C21H24F3N3O3. The van der Waals surface area contributed by atoms with E-state index in [-0.39, 0.29) is 24.8 Å². The molecule has 0 aliphatic heterocycles. The summed E-state index contributed by atoms with van der Waals surface area (Å²) in [6.45, 7) is 4.41. The fraction of sp³-hybridized carbons (Fsp3) is 0.333. The Labute approximate surface area is 173 Å². The van der Waals surface area contributed by atoms with Gasteiger partial charge >= 0.3 is 6.36 Å². The van der Waals surface area contributed by atoms with E-state index in [1.807, 2.05) is 6.92 Å². The smallest absolute Gasteiger partial charge is 0.406 e. The predicted molar refractivity (Wildman–Crippen MR) is 110 cm³/mol. The Morgan fingerprint density at radius 3 is 2.43 bits per heavy atom. The minimum absolute atomic E-state index is 0.126. The second-order valence-corrected chi connectivity index (χ2v) is 6.48. The Bertz CT molecular complexity index is 897. The van der Waals surface area contributed by atoms with Crippen molar-refractivity contribution in [3.8, 4) is 5.75 Å². The molecule has 0 fully saturated rings. The van der Waals surface area contributed by atoms with E-state index in [4.69, 9.17) is 5.11 Å². The maximum Gasteiger partial charge on any atom is 0.573 e. The minimum atomic E-state index is -4.74. The molecule has 2 N–H and O–H groups in total. The minimum Gasteiger partial charge on any atom is -0.406 e. The van der Waals surface area contributed by atoms with Gasteiger partial charge in [0, 0.05) is 42.7 Å². The van der Waals surface area contributed by atoms with Gasteiger partial charge in [-0.1, -0.05) is 6.07 Å². The first-order valence-electron chi connectivity index (χ1n) is 9.30. The van der Waals surface area contributed by atoms with Crippen LogP contribution in [0.2, 0.25) is 0 Å². The van der Waals surface area contributed by atoms with Crippen molar-refractivity contribution >= 4 is 23.0 Å². The molecule has 1 amide bonds. The summed E-state index contributed by atoms with van der Waals surface area (Å²) in [5.41, 5.74) is 3.02. The average molecular weight is 423 g/mol. The lowest BCUT2D eigenvalue weighted by atomic mass is 10.0. The largest absolute Gasteiger partial charge is 0.573 e. The maximum atomic E-state index is 12.5. The summed E-state index contributed by atoms with van der Waals surface area (Å²) in [7, 11) is 1.61. The molecule has 0 radical (unpaired) electrons. The molecule has 0 saturated carbocycles. The number of nitrogens with zero attached hydrogens (tertiary/aromatic N) is 2. The molecule has 0 saturated heterocycles. The number of carbonyl (C=O) groups excluding carboxylic acids is 1. The molecule has 6 nitrogen and oxygen atoms in total. The molecule has 0 unspecified atom stereocenters. The van der Waals surface area contributed by atoms with E-state index in [1.165, 1.54) is 29.2 Å². The van der Waals surface area contributed by atoms with Crippen molar-refractivity contribution in [3.63, 3.8) is 0 Å². The number of likely N-dealkylation sites (N-methyl/N-ethyl adjacent to an activating group) is 1. The van der Waals surface area contributed by atoms with E-state index < -0.39 is 6.36 Å². The Kier molecular flexibility index (Phi) is 7.82. The van der Waals surface area contributed by atoms with Crippen molar-refractivity contribution in [1.82, 2.24) is 4.90 Å². The summed E-state index contributed by atoms with van der Waals surface area (Å²) >= 11 is 0. The fourth-order valence-corrected chi connectivity index (χ4v) is 2.78. The SMILES string of the molecule is CCNc1cc(C(=O)N(C)CCO)ccc1C(C)=Nc1ccc(OC(F)(F)F)cc1. The molecule has 0 aliphatic carbocycles. The summed E-state index contributed by atoms with van der Waals surface area (Å²) in [6, 6.07) is 10.4. The number of aliphatic imine (C=N–C) groups is 1. The van der Waals surface area contributed by atoms with E-state index in [1.54, 1.807) is 32.2 Å². The second-order valence-electron chi connectivity index (χ2n) is 6.48. The fourth-order valence-electron chi connectivity index (χ4n) is 2.78. The summed E-state index contributed by atoms with van der Waals surface area (Å²) in [4.78, 5) is 18.3. The van der Waals surface area contributed by atoms with Gasteiger partial charge in [-0.2, -0.15) is 0 Å². The lowest BCUT2D eigenvalue weighted by molar-refractivity contribution is -0.274. The van der Waals surface area contributed by atoms with Crippen LogP contribution in [-0.2, 0) is 0 Å². The van der Waals surface area contributed by atoms with Crippen LogP contribution >= 0.6 is 0 Å². The van der Waals surface area contributed by atoms with E-state index in [2.05, 4.69) is 15.0 Å². The predicted octanol–water partition coefficient (Wildman–Crippen LogP) is 4.22. The lowest BCUT2D eigenvalue weighted by Crippen LogP contribution is -2.29. The van der Waals surface area contributed by atoms with Crippen LogP contribution in [0.15, 0.2) is 47.5 Å². The van der Waals surface area contributed by atoms with Crippen LogP contribution < -0.4 is 10.1 Å². The highest BCUT2D eigenvalue weighted by atomic mass is 19.4. The molecule has 0 spiro atoms. The Balaban J connectivity index is 2.29. The third kappa shape index (κ3) is 6.48. The quantitative estimate of drug-likeness (QED) is 0.624. The van der Waals surface area contributed by atoms with Crippen LogP contribution in [0, 0.1) is 0 Å². The number of nitrogens with one attached hydrogen (secondary N) is 1. The average Bonchev–Trinajstić information content (AvgIpc) is 2.68. The third-order valence-electron chi connectivity index (χ3n) is 4.17. The number of alkyl halides is 3. The molecule has 0 bridgehead atoms. The number of hydrogen-bond acceptors (Lipinski definition) is 5.